The van der Waals surface area contributed by atoms with Crippen molar-refractivity contribution in [1.29, 1.82) is 0 Å². The summed E-state index contributed by atoms with van der Waals surface area (Å²) in [6.45, 7) is 7.82. The number of hydrogen-bond acceptors (Lipinski definition) is 4. The zero-order chi connectivity index (χ0) is 20.4. The summed E-state index contributed by atoms with van der Waals surface area (Å²) in [7, 11) is 1.60. The average Bonchev–Trinajstić information content (AvgIpc) is 3.05. The number of ketones is 1. The van der Waals surface area contributed by atoms with Crippen LogP contribution in [0.4, 0.5) is 0 Å². The van der Waals surface area contributed by atoms with Gasteiger partial charge in [0.05, 0.1) is 12.7 Å². The molecule has 28 heavy (non-hydrogen) atoms. The molecular formula is C24H26O4. The topological polar surface area (TPSA) is 59.7 Å². The van der Waals surface area contributed by atoms with Gasteiger partial charge in [-0.3, -0.25) is 4.79 Å². The monoisotopic (exact) mass is 378 g/mol. The molecule has 3 aromatic rings. The first kappa shape index (κ1) is 19.7. The number of phenols is 1. The van der Waals surface area contributed by atoms with Crippen LogP contribution in [-0.4, -0.2) is 18.0 Å². The van der Waals surface area contributed by atoms with Gasteiger partial charge in [-0.05, 0) is 68.2 Å². The van der Waals surface area contributed by atoms with Gasteiger partial charge < -0.3 is 14.3 Å². The first-order chi connectivity index (χ1) is 13.4. The highest BCUT2D eigenvalue weighted by Gasteiger charge is 2.24. The van der Waals surface area contributed by atoms with E-state index in [0.29, 0.717) is 39.2 Å². The highest BCUT2D eigenvalue weighted by atomic mass is 16.5. The van der Waals surface area contributed by atoms with Gasteiger partial charge >= 0.3 is 0 Å². The van der Waals surface area contributed by atoms with Crippen LogP contribution < -0.4 is 4.74 Å². The summed E-state index contributed by atoms with van der Waals surface area (Å²) in [6, 6.07) is 7.25. The van der Waals surface area contributed by atoms with Gasteiger partial charge in [-0.2, -0.15) is 0 Å². The van der Waals surface area contributed by atoms with Crippen molar-refractivity contribution in [2.75, 3.05) is 7.11 Å². The Bertz CT molecular complexity index is 1070. The van der Waals surface area contributed by atoms with Crippen LogP contribution >= 0.6 is 0 Å². The smallest absolute Gasteiger partial charge is 0.197 e. The summed E-state index contributed by atoms with van der Waals surface area (Å²) in [5, 5.41) is 11.0. The Balaban J connectivity index is 2.23. The molecule has 146 valence electrons. The Morgan fingerprint density at radius 1 is 1.18 bits per heavy atom. The summed E-state index contributed by atoms with van der Waals surface area (Å²) < 4.78 is 11.4. The number of aromatic hydroxyl groups is 1. The third-order valence-electron chi connectivity index (χ3n) is 5.11. The van der Waals surface area contributed by atoms with Crippen molar-refractivity contribution in [1.82, 2.24) is 0 Å². The standard InChI is InChI=1S/C24H26O4/c1-6-7-8-9-19-21(18-11-10-14(2)22(25)24(18)28-19)23(26)17-12-15(3)16(4)20(13-17)27-5/h8-13,25H,6-7H2,1-5H3/b9-8+. The fraction of sp³-hybridized carbons (Fsp3) is 0.292. The second-order valence-electron chi connectivity index (χ2n) is 7.09. The number of methoxy groups -OCH3 is 1. The Hall–Kier alpha value is -3.01. The number of carbonyl (C=O) groups excluding carboxylic acids is 1. The zero-order valence-corrected chi connectivity index (χ0v) is 17.1. The number of furan rings is 1. The van der Waals surface area contributed by atoms with Crippen molar-refractivity contribution in [3.05, 3.63) is 63.9 Å². The quantitative estimate of drug-likeness (QED) is 0.525. The number of carbonyl (C=O) groups is 1. The predicted octanol–water partition coefficient (Wildman–Crippen LogP) is 6.12. The molecule has 0 saturated carbocycles. The molecule has 4 heteroatoms. The van der Waals surface area contributed by atoms with Gasteiger partial charge in [0.1, 0.15) is 11.5 Å². The van der Waals surface area contributed by atoms with Crippen LogP contribution in [0.1, 0.15) is 58.1 Å². The average molecular weight is 378 g/mol. The lowest BCUT2D eigenvalue weighted by molar-refractivity contribution is 0.103. The number of fused-ring (bicyclic) bond motifs is 1. The lowest BCUT2D eigenvalue weighted by Crippen LogP contribution is -2.04. The lowest BCUT2D eigenvalue weighted by atomic mass is 9.96. The fourth-order valence-electron chi connectivity index (χ4n) is 3.29. The van der Waals surface area contributed by atoms with Crippen molar-refractivity contribution in [2.24, 2.45) is 0 Å². The molecule has 0 bridgehead atoms. The molecule has 1 heterocycles. The van der Waals surface area contributed by atoms with Crippen LogP contribution in [0, 0.1) is 20.8 Å². The summed E-state index contributed by atoms with van der Waals surface area (Å²) in [4.78, 5) is 13.5. The fourth-order valence-corrected chi connectivity index (χ4v) is 3.29. The zero-order valence-electron chi connectivity index (χ0n) is 17.1. The second kappa shape index (κ2) is 7.93. The van der Waals surface area contributed by atoms with E-state index in [0.717, 1.165) is 24.0 Å². The third kappa shape index (κ3) is 3.42. The molecule has 2 aromatic carbocycles. The number of allylic oxidation sites excluding steroid dienone is 1. The summed E-state index contributed by atoms with van der Waals surface area (Å²) in [5.74, 6) is 1.06. The van der Waals surface area contributed by atoms with E-state index in [4.69, 9.17) is 9.15 Å². The van der Waals surface area contributed by atoms with Crippen LogP contribution in [0.15, 0.2) is 34.8 Å². The van der Waals surface area contributed by atoms with E-state index < -0.39 is 0 Å². The van der Waals surface area contributed by atoms with Gasteiger partial charge in [-0.15, -0.1) is 0 Å². The number of benzene rings is 2. The maximum atomic E-state index is 13.5. The normalized spacial score (nSPS) is 11.5. The van der Waals surface area contributed by atoms with Crippen LogP contribution in [0.2, 0.25) is 0 Å². The molecular weight excluding hydrogens is 352 g/mol. The molecule has 1 N–H and O–H groups in total. The second-order valence-corrected chi connectivity index (χ2v) is 7.09. The lowest BCUT2D eigenvalue weighted by Gasteiger charge is -2.10. The number of phenolic OH excluding ortho intramolecular Hbond substituents is 1. The van der Waals surface area contributed by atoms with E-state index in [-0.39, 0.29) is 11.5 Å². The minimum absolute atomic E-state index is 0.0689. The van der Waals surface area contributed by atoms with E-state index in [2.05, 4.69) is 6.92 Å². The molecule has 0 aliphatic heterocycles. The minimum Gasteiger partial charge on any atom is -0.504 e. The number of aryl methyl sites for hydroxylation is 2. The number of ether oxygens (including phenoxy) is 1. The predicted molar refractivity (Wildman–Crippen MR) is 112 cm³/mol. The van der Waals surface area contributed by atoms with Gasteiger partial charge in [0.15, 0.2) is 17.1 Å². The minimum atomic E-state index is -0.153. The molecule has 4 nitrogen and oxygen atoms in total. The highest BCUT2D eigenvalue weighted by molar-refractivity contribution is 6.18. The maximum absolute atomic E-state index is 13.5. The van der Waals surface area contributed by atoms with E-state index in [1.54, 1.807) is 26.2 Å². The van der Waals surface area contributed by atoms with Gasteiger partial charge in [0.25, 0.3) is 0 Å². The molecule has 0 saturated heterocycles. The Labute approximate surface area is 165 Å². The van der Waals surface area contributed by atoms with E-state index >= 15 is 0 Å². The van der Waals surface area contributed by atoms with E-state index in [1.807, 2.05) is 38.1 Å². The van der Waals surface area contributed by atoms with Crippen molar-refractivity contribution in [3.8, 4) is 11.5 Å². The first-order valence-electron chi connectivity index (χ1n) is 9.50. The SMILES string of the molecule is CCC/C=C/c1oc2c(O)c(C)ccc2c1C(=O)c1cc(C)c(C)c(OC)c1. The molecule has 3 rings (SSSR count). The molecule has 0 spiro atoms. The highest BCUT2D eigenvalue weighted by Crippen LogP contribution is 2.37. The Kier molecular flexibility index (Phi) is 5.59. The summed E-state index contributed by atoms with van der Waals surface area (Å²) >= 11 is 0. The van der Waals surface area contributed by atoms with Gasteiger partial charge in [-0.25, -0.2) is 0 Å². The van der Waals surface area contributed by atoms with E-state index in [1.165, 1.54) is 0 Å². The number of rotatable bonds is 6. The first-order valence-corrected chi connectivity index (χ1v) is 9.50. The molecule has 0 fully saturated rings. The van der Waals surface area contributed by atoms with Crippen LogP contribution in [0.5, 0.6) is 11.5 Å². The number of unbranched alkanes of at least 4 members (excludes halogenated alkanes) is 1. The van der Waals surface area contributed by atoms with Crippen LogP contribution in [0.3, 0.4) is 0 Å². The van der Waals surface area contributed by atoms with Crippen molar-refractivity contribution >= 4 is 22.8 Å². The number of hydrogen-bond donors (Lipinski definition) is 1. The largest absolute Gasteiger partial charge is 0.504 e. The van der Waals surface area contributed by atoms with Crippen LogP contribution in [0.25, 0.3) is 17.0 Å². The van der Waals surface area contributed by atoms with Gasteiger partial charge in [0.2, 0.25) is 0 Å². The summed E-state index contributed by atoms with van der Waals surface area (Å²) in [6.07, 6.45) is 5.69. The molecule has 0 unspecified atom stereocenters. The van der Waals surface area contributed by atoms with Gasteiger partial charge in [0, 0.05) is 10.9 Å². The molecule has 0 aliphatic carbocycles. The maximum Gasteiger partial charge on any atom is 0.197 e. The molecule has 0 atom stereocenters. The summed E-state index contributed by atoms with van der Waals surface area (Å²) in [5.41, 5.74) is 4.04. The molecule has 0 radical (unpaired) electrons. The molecule has 0 aliphatic rings. The van der Waals surface area contributed by atoms with Crippen molar-refractivity contribution < 1.29 is 19.1 Å². The van der Waals surface area contributed by atoms with Gasteiger partial charge in [-0.1, -0.05) is 25.5 Å². The molecule has 0 amide bonds. The van der Waals surface area contributed by atoms with Crippen LogP contribution in [-0.2, 0) is 0 Å². The Morgan fingerprint density at radius 2 is 1.93 bits per heavy atom. The Morgan fingerprint density at radius 3 is 2.61 bits per heavy atom. The third-order valence-corrected chi connectivity index (χ3v) is 5.11. The van der Waals surface area contributed by atoms with Crippen molar-refractivity contribution in [2.45, 2.75) is 40.5 Å². The van der Waals surface area contributed by atoms with E-state index in [9.17, 15) is 9.90 Å². The van der Waals surface area contributed by atoms with Crippen molar-refractivity contribution in [3.63, 3.8) is 0 Å². The molecule has 1 aromatic heterocycles.